The van der Waals surface area contributed by atoms with Crippen molar-refractivity contribution in [3.8, 4) is 5.75 Å². The highest BCUT2D eigenvalue weighted by molar-refractivity contribution is 6.08. The second-order valence-corrected chi connectivity index (χ2v) is 5.66. The van der Waals surface area contributed by atoms with Crippen molar-refractivity contribution in [1.82, 2.24) is 0 Å². The van der Waals surface area contributed by atoms with E-state index in [0.717, 1.165) is 17.0 Å². The molecule has 4 nitrogen and oxygen atoms in total. The third kappa shape index (κ3) is 3.38. The van der Waals surface area contributed by atoms with Crippen LogP contribution in [0.3, 0.4) is 0 Å². The molecule has 1 unspecified atom stereocenters. The maximum absolute atomic E-state index is 12.6. The van der Waals surface area contributed by atoms with Crippen LogP contribution in [-0.2, 0) is 9.59 Å². The van der Waals surface area contributed by atoms with Gasteiger partial charge in [0, 0.05) is 12.1 Å². The first kappa shape index (κ1) is 16.0. The van der Waals surface area contributed by atoms with E-state index < -0.39 is 6.04 Å². The fourth-order valence-electron chi connectivity index (χ4n) is 2.87. The van der Waals surface area contributed by atoms with Gasteiger partial charge in [-0.05, 0) is 42.3 Å². The third-order valence-electron chi connectivity index (χ3n) is 4.13. The zero-order valence-corrected chi connectivity index (χ0v) is 13.5. The normalized spacial score (nSPS) is 17.5. The summed E-state index contributed by atoms with van der Waals surface area (Å²) in [5, 5.41) is 0. The number of anilines is 1. The van der Waals surface area contributed by atoms with Gasteiger partial charge in [-0.1, -0.05) is 36.4 Å². The van der Waals surface area contributed by atoms with Gasteiger partial charge in [0.2, 0.25) is 5.91 Å². The van der Waals surface area contributed by atoms with Gasteiger partial charge in [-0.15, -0.1) is 0 Å². The molecule has 1 atom stereocenters. The predicted octanol–water partition coefficient (Wildman–Crippen LogP) is 3.47. The Hall–Kier alpha value is -2.88. The van der Waals surface area contributed by atoms with Crippen LogP contribution in [0.1, 0.15) is 18.4 Å². The van der Waals surface area contributed by atoms with Crippen LogP contribution in [0.25, 0.3) is 6.08 Å². The van der Waals surface area contributed by atoms with Crippen molar-refractivity contribution < 1.29 is 14.3 Å². The molecule has 2 aromatic carbocycles. The van der Waals surface area contributed by atoms with Gasteiger partial charge in [0.25, 0.3) is 0 Å². The van der Waals surface area contributed by atoms with Crippen LogP contribution >= 0.6 is 0 Å². The lowest BCUT2D eigenvalue weighted by Gasteiger charge is -2.23. The largest absolute Gasteiger partial charge is 0.497 e. The number of amides is 1. The Bertz CT molecular complexity index is 750. The zero-order valence-electron chi connectivity index (χ0n) is 13.5. The summed E-state index contributed by atoms with van der Waals surface area (Å²) in [6.45, 7) is 0. The summed E-state index contributed by atoms with van der Waals surface area (Å²) >= 11 is 0. The summed E-state index contributed by atoms with van der Waals surface area (Å²) in [7, 11) is 1.59. The number of nitrogens with zero attached hydrogens (tertiary/aromatic N) is 1. The minimum atomic E-state index is -0.439. The molecule has 2 aromatic rings. The Balaban J connectivity index is 1.79. The fourth-order valence-corrected chi connectivity index (χ4v) is 2.87. The number of ether oxygens (including phenoxy) is 1. The Labute approximate surface area is 141 Å². The van der Waals surface area contributed by atoms with Crippen molar-refractivity contribution in [3.63, 3.8) is 0 Å². The molecule has 0 aromatic heterocycles. The molecule has 1 aliphatic rings. The molecule has 0 saturated carbocycles. The van der Waals surface area contributed by atoms with E-state index >= 15 is 0 Å². The average molecular weight is 321 g/mol. The number of methoxy groups -OCH3 is 1. The molecular weight excluding hydrogens is 302 g/mol. The molecule has 1 amide bonds. The summed E-state index contributed by atoms with van der Waals surface area (Å²) in [5.74, 6) is 0.643. The van der Waals surface area contributed by atoms with Crippen LogP contribution < -0.4 is 9.64 Å². The molecule has 0 N–H and O–H groups in total. The van der Waals surface area contributed by atoms with Gasteiger partial charge in [-0.2, -0.15) is 0 Å². The number of ketones is 1. The van der Waals surface area contributed by atoms with Crippen LogP contribution in [0.5, 0.6) is 5.75 Å². The van der Waals surface area contributed by atoms with Gasteiger partial charge >= 0.3 is 0 Å². The van der Waals surface area contributed by atoms with Crippen LogP contribution in [0.15, 0.2) is 60.7 Å². The summed E-state index contributed by atoms with van der Waals surface area (Å²) in [6.07, 6.45) is 4.29. The highest BCUT2D eigenvalue weighted by Crippen LogP contribution is 2.29. The quantitative estimate of drug-likeness (QED) is 0.792. The van der Waals surface area contributed by atoms with Crippen LogP contribution in [0, 0.1) is 0 Å². The number of benzene rings is 2. The molecule has 1 aliphatic heterocycles. The van der Waals surface area contributed by atoms with Gasteiger partial charge in [0.1, 0.15) is 5.75 Å². The molecule has 122 valence electrons. The van der Waals surface area contributed by atoms with E-state index in [9.17, 15) is 9.59 Å². The Morgan fingerprint density at radius 2 is 1.83 bits per heavy atom. The molecule has 0 spiro atoms. The number of hydrogen-bond donors (Lipinski definition) is 0. The van der Waals surface area contributed by atoms with Gasteiger partial charge in [-0.3, -0.25) is 9.59 Å². The first-order valence-electron chi connectivity index (χ1n) is 7.92. The van der Waals surface area contributed by atoms with E-state index in [1.54, 1.807) is 36.3 Å². The molecule has 1 fully saturated rings. The van der Waals surface area contributed by atoms with Gasteiger partial charge in [0.05, 0.1) is 13.2 Å². The van der Waals surface area contributed by atoms with E-state index in [4.69, 9.17) is 4.74 Å². The monoisotopic (exact) mass is 321 g/mol. The molecule has 0 radical (unpaired) electrons. The Morgan fingerprint density at radius 1 is 1.12 bits per heavy atom. The minimum Gasteiger partial charge on any atom is -0.497 e. The van der Waals surface area contributed by atoms with Crippen molar-refractivity contribution in [2.75, 3.05) is 12.0 Å². The number of rotatable bonds is 5. The molecule has 3 rings (SSSR count). The number of carbonyl (C=O) groups excluding carboxylic acids is 2. The minimum absolute atomic E-state index is 0.0216. The standard InChI is InChI=1S/C20H19NO3/c1-24-17-10-8-16(9-11-17)21-18(12-14-20(21)23)19(22)13-7-15-5-3-2-4-6-15/h2-11,13,18H,12,14H2,1H3/b13-7+. The van der Waals surface area contributed by atoms with Crippen LogP contribution in [0.2, 0.25) is 0 Å². The molecule has 0 aliphatic carbocycles. The molecular formula is C20H19NO3. The Kier molecular flexibility index (Phi) is 4.75. The van der Waals surface area contributed by atoms with Crippen molar-refractivity contribution >= 4 is 23.5 Å². The lowest BCUT2D eigenvalue weighted by molar-refractivity contribution is -0.119. The van der Waals surface area contributed by atoms with Crippen molar-refractivity contribution in [3.05, 3.63) is 66.2 Å². The van der Waals surface area contributed by atoms with Gasteiger partial charge in [-0.25, -0.2) is 0 Å². The molecule has 24 heavy (non-hydrogen) atoms. The van der Waals surface area contributed by atoms with E-state index in [2.05, 4.69) is 0 Å². The Morgan fingerprint density at radius 3 is 2.50 bits per heavy atom. The molecule has 1 heterocycles. The molecule has 1 saturated heterocycles. The third-order valence-corrected chi connectivity index (χ3v) is 4.13. The lowest BCUT2D eigenvalue weighted by Crippen LogP contribution is -2.37. The van der Waals surface area contributed by atoms with E-state index in [1.807, 2.05) is 42.5 Å². The second-order valence-electron chi connectivity index (χ2n) is 5.66. The first-order valence-corrected chi connectivity index (χ1v) is 7.92. The highest BCUT2D eigenvalue weighted by Gasteiger charge is 2.35. The summed E-state index contributed by atoms with van der Waals surface area (Å²) in [6, 6.07) is 16.4. The molecule has 4 heteroatoms. The highest BCUT2D eigenvalue weighted by atomic mass is 16.5. The van der Waals surface area contributed by atoms with E-state index in [0.29, 0.717) is 12.8 Å². The van der Waals surface area contributed by atoms with Crippen molar-refractivity contribution in [2.24, 2.45) is 0 Å². The maximum Gasteiger partial charge on any atom is 0.227 e. The topological polar surface area (TPSA) is 46.6 Å². The van der Waals surface area contributed by atoms with Gasteiger partial charge in [0.15, 0.2) is 5.78 Å². The fraction of sp³-hybridized carbons (Fsp3) is 0.200. The lowest BCUT2D eigenvalue weighted by atomic mass is 10.1. The predicted molar refractivity (Wildman–Crippen MR) is 94.0 cm³/mol. The van der Waals surface area contributed by atoms with Gasteiger partial charge < -0.3 is 9.64 Å². The number of hydrogen-bond acceptors (Lipinski definition) is 3. The second kappa shape index (κ2) is 7.13. The summed E-state index contributed by atoms with van der Waals surface area (Å²) in [4.78, 5) is 26.4. The number of carbonyl (C=O) groups is 2. The summed E-state index contributed by atoms with van der Waals surface area (Å²) < 4.78 is 5.14. The van der Waals surface area contributed by atoms with Crippen molar-refractivity contribution in [2.45, 2.75) is 18.9 Å². The van der Waals surface area contributed by atoms with Crippen LogP contribution in [0.4, 0.5) is 5.69 Å². The average Bonchev–Trinajstić information content (AvgIpc) is 3.02. The molecule has 0 bridgehead atoms. The zero-order chi connectivity index (χ0) is 16.9. The summed E-state index contributed by atoms with van der Waals surface area (Å²) in [5.41, 5.74) is 1.69. The maximum atomic E-state index is 12.6. The van der Waals surface area contributed by atoms with Crippen LogP contribution in [-0.4, -0.2) is 24.8 Å². The first-order chi connectivity index (χ1) is 11.7. The van der Waals surface area contributed by atoms with Crippen molar-refractivity contribution in [1.29, 1.82) is 0 Å². The van der Waals surface area contributed by atoms with E-state index in [1.165, 1.54) is 0 Å². The smallest absolute Gasteiger partial charge is 0.227 e. The SMILES string of the molecule is COc1ccc(N2C(=O)CCC2C(=O)/C=C/c2ccccc2)cc1. The van der Waals surface area contributed by atoms with E-state index in [-0.39, 0.29) is 11.7 Å².